The number of halogens is 40. The monoisotopic (exact) mass is 1670 g/mol. The molecule has 10 nitrogen and oxygen atoms in total. The van der Waals surface area contributed by atoms with Crippen molar-refractivity contribution in [3.05, 3.63) is 301 Å². The lowest BCUT2D eigenvalue weighted by Crippen LogP contribution is -2.20. The van der Waals surface area contributed by atoms with Crippen LogP contribution in [-0.4, -0.2) is 51.4 Å². The maximum Gasteiger partial charge on any atom is 0.234 e. The van der Waals surface area contributed by atoms with Gasteiger partial charge in [0.25, 0.3) is 0 Å². The average molecular weight is 1670 g/mol. The molecule has 590 valence electrons. The van der Waals surface area contributed by atoms with Crippen LogP contribution in [0.25, 0.3) is 55.8 Å². The van der Waals surface area contributed by atoms with Crippen LogP contribution in [0.3, 0.4) is 0 Å². The first-order valence-corrected chi connectivity index (χ1v) is 28.4. The number of fused-ring (bicyclic) bond motifs is 6. The van der Waals surface area contributed by atoms with Gasteiger partial charge in [0, 0.05) is 33.4 Å². The lowest BCUT2D eigenvalue weighted by atomic mass is 9.92. The molecule has 4 heterocycles. The van der Waals surface area contributed by atoms with E-state index in [0.717, 1.165) is 4.98 Å². The average Bonchev–Trinajstić information content (AvgIpc) is 1.55. The summed E-state index contributed by atoms with van der Waals surface area (Å²) >= 11 is 0. The summed E-state index contributed by atoms with van der Waals surface area (Å²) in [7, 11) is 0. The maximum atomic E-state index is 16.9. The first kappa shape index (κ1) is 80.4. The molecule has 12 rings (SSSR count). The molecule has 2 aliphatic heterocycles. The van der Waals surface area contributed by atoms with E-state index in [4.69, 9.17) is 0 Å². The summed E-state index contributed by atoms with van der Waals surface area (Å²) in [4.78, 5) is 49.2. The Kier molecular flexibility index (Phi) is 19.7. The molecule has 0 saturated carbocycles. The number of carbonyl (C=O) groups is 2. The number of hydrogen-bond donors (Lipinski definition) is 2. The van der Waals surface area contributed by atoms with Crippen LogP contribution < -0.4 is 0 Å². The fourth-order valence-corrected chi connectivity index (χ4v) is 10.9. The van der Waals surface area contributed by atoms with Gasteiger partial charge in [0.1, 0.15) is 22.4 Å². The second-order valence-corrected chi connectivity index (χ2v) is 22.1. The molecule has 10 aromatic rings. The summed E-state index contributed by atoms with van der Waals surface area (Å²) in [6, 6.07) is 0. The van der Waals surface area contributed by atoms with E-state index in [1.807, 2.05) is 0 Å². The summed E-state index contributed by atoms with van der Waals surface area (Å²) in [6.45, 7) is 0. The smallest absolute Gasteiger partial charge is 0.234 e. The first-order chi connectivity index (χ1) is 53.1. The Morgan fingerprint density at radius 3 is 0.491 bits per heavy atom. The number of aromatic nitrogens is 8. The van der Waals surface area contributed by atoms with Crippen LogP contribution >= 0.6 is 0 Å². The van der Waals surface area contributed by atoms with Crippen molar-refractivity contribution >= 4 is 45.2 Å². The summed E-state index contributed by atoms with van der Waals surface area (Å²) in [6.07, 6.45) is 0. The van der Waals surface area contributed by atoms with Crippen molar-refractivity contribution in [3.8, 4) is 22.3 Å². The molecule has 0 atom stereocenters. The van der Waals surface area contributed by atoms with E-state index in [0.29, 0.717) is 4.98 Å². The van der Waals surface area contributed by atoms with Crippen LogP contribution in [0.2, 0.25) is 0 Å². The van der Waals surface area contributed by atoms with Crippen molar-refractivity contribution in [1.82, 2.24) is 39.9 Å². The van der Waals surface area contributed by atoms with E-state index >= 15 is 167 Å². The molecular weight excluding hydrogens is 1670 g/mol. The molecule has 2 aliphatic rings. The number of ketones is 2. The van der Waals surface area contributed by atoms with Gasteiger partial charge in [0.2, 0.25) is 58.1 Å². The van der Waals surface area contributed by atoms with Gasteiger partial charge in [-0.15, -0.1) is 0 Å². The predicted molar refractivity (Wildman–Crippen MR) is 288 cm³/mol. The van der Waals surface area contributed by atoms with Gasteiger partial charge in [0.05, 0.1) is 33.4 Å². The molecule has 0 saturated heterocycles. The third kappa shape index (κ3) is 11.5. The zero-order valence-corrected chi connectivity index (χ0v) is 51.6. The van der Waals surface area contributed by atoms with Crippen molar-refractivity contribution in [3.63, 3.8) is 0 Å². The minimum absolute atomic E-state index is 0.571. The third-order valence-electron chi connectivity index (χ3n) is 15.9. The number of aromatic amines is 2. The van der Waals surface area contributed by atoms with E-state index in [1.165, 1.54) is 0 Å². The minimum atomic E-state index is -3.76. The minimum Gasteiger partial charge on any atom is -0.324 e. The molecule has 0 aliphatic carbocycles. The fraction of sp³-hybridized carbons (Fsp3) is 0. The molecule has 2 aromatic heterocycles. The molecule has 0 spiro atoms. The number of benzene rings is 8. The number of carbonyl (C=O) groups excluding carboxylic acids is 2. The molecule has 0 unspecified atom stereocenters. The van der Waals surface area contributed by atoms with Crippen LogP contribution in [0.15, 0.2) is 0 Å². The van der Waals surface area contributed by atoms with Crippen molar-refractivity contribution in [2.45, 2.75) is 0 Å². The van der Waals surface area contributed by atoms with Gasteiger partial charge in [-0.05, 0) is 0 Å². The van der Waals surface area contributed by atoms with Crippen LogP contribution in [0, 0.1) is 233 Å². The van der Waals surface area contributed by atoms with Crippen LogP contribution in [0.4, 0.5) is 176 Å². The SMILES string of the molecule is O=C(c1nc2nc(nc3[nH]c(nc4nc(nc(C(=O)c5c(F)c(F)c(F)c(F)c5F)[nH]1)C(c1c(F)c(F)c(F)c(F)c1F)=C4c1c(F)c(F)c(F)c(F)c1F)c(-c1c(F)c(F)c(F)c(F)c1F)c3-c1c(F)c(F)c(F)c(F)c1F)C(c1c(F)c(F)c(F)c(F)c1F)=C2c1c(F)c(F)c(F)c(F)c1F)c1c(F)c(F)c(F)c(F)c1F. The van der Waals surface area contributed by atoms with Gasteiger partial charge in [-0.25, -0.2) is 206 Å². The van der Waals surface area contributed by atoms with Crippen molar-refractivity contribution in [2.24, 2.45) is 0 Å². The number of nitrogens with zero attached hydrogens (tertiary/aromatic N) is 6. The first-order valence-electron chi connectivity index (χ1n) is 28.4. The molecule has 114 heavy (non-hydrogen) atoms. The Morgan fingerprint density at radius 1 is 0.158 bits per heavy atom. The largest absolute Gasteiger partial charge is 0.324 e. The molecule has 0 radical (unpaired) electrons. The Hall–Kier alpha value is -13.1. The van der Waals surface area contributed by atoms with E-state index in [9.17, 15) is 18.4 Å². The third-order valence-corrected chi connectivity index (χ3v) is 15.9. The predicted octanol–water partition coefficient (Wildman–Crippen LogP) is 18.7. The second kappa shape index (κ2) is 28.0. The Bertz CT molecular complexity index is 5880. The van der Waals surface area contributed by atoms with Gasteiger partial charge in [-0.3, -0.25) is 9.59 Å². The van der Waals surface area contributed by atoms with Crippen molar-refractivity contribution in [1.29, 1.82) is 0 Å². The highest BCUT2D eigenvalue weighted by atomic mass is 19.2. The highest BCUT2D eigenvalue weighted by Crippen LogP contribution is 2.50. The molecule has 6 bridgehead atoms. The summed E-state index contributed by atoms with van der Waals surface area (Å²) < 4.78 is 638. The molecule has 8 aromatic carbocycles. The van der Waals surface area contributed by atoms with Crippen LogP contribution in [0.5, 0.6) is 0 Å². The zero-order chi connectivity index (χ0) is 84.6. The van der Waals surface area contributed by atoms with Gasteiger partial charge in [0.15, 0.2) is 221 Å². The van der Waals surface area contributed by atoms with Gasteiger partial charge in [-0.1, -0.05) is 0 Å². The van der Waals surface area contributed by atoms with Crippen LogP contribution in [0.1, 0.15) is 77.9 Å². The molecule has 0 fully saturated rings. The summed E-state index contributed by atoms with van der Waals surface area (Å²) in [5, 5.41) is 0. The standard InChI is InChI=1S/C64H2F40N8O2/c65-15-7(16(66)32(82)47(97)31(15)81)1-2(8-17(67)33(83)48(98)34(84)18(8)68)58-105-57(1)106-59-3(9-19(69)35(85)49(99)36(86)20(9)70)5(11-23(73)39(89)51(101)40(90)24(11)74)61(108-59)110-63(55(113)13-27(77)43(93)53(103)44(94)28(13)78)112-64(56(114)14-29(79)45(95)54(104)46(96)30(14)80)111-62-6(12-25(75)41(91)52(102)42(92)26(12)76)4(60(107-58)109-62)10-21(71)37(87)50(100)38(88)22(10)72/h(H2,105,106,107,108,109,110,111,112). The lowest BCUT2D eigenvalue weighted by Gasteiger charge is -2.14. The Balaban J connectivity index is 1.56. The number of nitrogens with one attached hydrogen (secondary N) is 2. The zero-order valence-electron chi connectivity index (χ0n) is 51.6. The lowest BCUT2D eigenvalue weighted by molar-refractivity contribution is 0.101. The molecular formula is C64H2F40N8O2. The number of hydrogen-bond acceptors (Lipinski definition) is 8. The van der Waals surface area contributed by atoms with Gasteiger partial charge >= 0.3 is 0 Å². The number of H-pyrrole nitrogens is 2. The highest BCUT2D eigenvalue weighted by Gasteiger charge is 2.46. The van der Waals surface area contributed by atoms with E-state index in [1.54, 1.807) is 0 Å². The van der Waals surface area contributed by atoms with Gasteiger partial charge in [-0.2, -0.15) is 0 Å². The van der Waals surface area contributed by atoms with Gasteiger partial charge < -0.3 is 9.97 Å². The summed E-state index contributed by atoms with van der Waals surface area (Å²) in [5.41, 5.74) is -51.6. The second-order valence-electron chi connectivity index (χ2n) is 22.1. The van der Waals surface area contributed by atoms with E-state index < -0.39 is 368 Å². The van der Waals surface area contributed by atoms with Crippen molar-refractivity contribution in [2.75, 3.05) is 0 Å². The normalized spacial score (nSPS) is 12.4. The topological polar surface area (TPSA) is 143 Å². The Labute approximate surface area is 592 Å². The van der Waals surface area contributed by atoms with E-state index in [2.05, 4.69) is 29.9 Å². The number of rotatable bonds is 10. The van der Waals surface area contributed by atoms with Crippen molar-refractivity contribution < 1.29 is 185 Å². The Morgan fingerprint density at radius 2 is 0.307 bits per heavy atom. The fourth-order valence-electron chi connectivity index (χ4n) is 10.9. The maximum absolute atomic E-state index is 16.9. The quantitative estimate of drug-likeness (QED) is 0.0596. The molecule has 0 amide bonds. The van der Waals surface area contributed by atoms with Crippen LogP contribution in [-0.2, 0) is 0 Å². The molecule has 2 N–H and O–H groups in total. The highest BCUT2D eigenvalue weighted by molar-refractivity contribution is 6.12. The molecule has 50 heteroatoms. The van der Waals surface area contributed by atoms with E-state index in [-0.39, 0.29) is 0 Å². The summed E-state index contributed by atoms with van der Waals surface area (Å²) in [5.74, 6) is -172.